The Hall–Kier alpha value is -1.82. The van der Waals surface area contributed by atoms with Crippen LogP contribution in [-0.4, -0.2) is 29.0 Å². The third-order valence-electron chi connectivity index (χ3n) is 2.18. The predicted molar refractivity (Wildman–Crippen MR) is 64.5 cm³/mol. The number of anilines is 1. The van der Waals surface area contributed by atoms with Gasteiger partial charge in [-0.25, -0.2) is 8.78 Å². The van der Waals surface area contributed by atoms with E-state index in [9.17, 15) is 8.78 Å². The van der Waals surface area contributed by atoms with E-state index in [-0.39, 0.29) is 22.6 Å². The van der Waals surface area contributed by atoms with Crippen molar-refractivity contribution in [3.63, 3.8) is 0 Å². The van der Waals surface area contributed by atoms with Crippen molar-refractivity contribution >= 4 is 17.5 Å². The summed E-state index contributed by atoms with van der Waals surface area (Å²) >= 11 is 5.71. The molecule has 2 aromatic rings. The summed E-state index contributed by atoms with van der Waals surface area (Å²) in [5.41, 5.74) is -0.315. The first-order valence-corrected chi connectivity index (χ1v) is 5.40. The highest BCUT2D eigenvalue weighted by Crippen LogP contribution is 2.24. The van der Waals surface area contributed by atoms with E-state index in [1.807, 2.05) is 0 Å². The maximum Gasteiger partial charge on any atom is 0.229 e. The van der Waals surface area contributed by atoms with Crippen molar-refractivity contribution in [2.45, 2.75) is 0 Å². The highest BCUT2D eigenvalue weighted by atomic mass is 35.5. The van der Waals surface area contributed by atoms with Crippen molar-refractivity contribution in [1.29, 1.82) is 0 Å². The van der Waals surface area contributed by atoms with Gasteiger partial charge in [-0.2, -0.15) is 15.0 Å². The molecule has 0 amide bonds. The van der Waals surface area contributed by atoms with Crippen LogP contribution >= 0.6 is 11.6 Å². The van der Waals surface area contributed by atoms with E-state index >= 15 is 0 Å². The monoisotopic (exact) mass is 270 g/mol. The lowest BCUT2D eigenvalue weighted by Gasteiger charge is -2.11. The van der Waals surface area contributed by atoms with Crippen LogP contribution in [0.4, 0.5) is 14.7 Å². The van der Waals surface area contributed by atoms with E-state index < -0.39 is 11.6 Å². The van der Waals surface area contributed by atoms with Gasteiger partial charge in [0.1, 0.15) is 11.6 Å². The Kier molecular flexibility index (Phi) is 3.38. The van der Waals surface area contributed by atoms with E-state index in [2.05, 4.69) is 15.0 Å². The Labute approximate surface area is 107 Å². The summed E-state index contributed by atoms with van der Waals surface area (Å²) in [4.78, 5) is 13.1. The molecule has 1 aromatic heterocycles. The minimum absolute atomic E-state index is 0.119. The summed E-state index contributed by atoms with van der Waals surface area (Å²) in [5, 5.41) is -0.119. The van der Waals surface area contributed by atoms with Gasteiger partial charge in [0.15, 0.2) is 5.82 Å². The molecule has 0 unspecified atom stereocenters. The van der Waals surface area contributed by atoms with Crippen LogP contribution in [0, 0.1) is 11.6 Å². The number of rotatable bonds is 2. The van der Waals surface area contributed by atoms with E-state index in [0.29, 0.717) is 0 Å². The van der Waals surface area contributed by atoms with Crippen LogP contribution in [0.2, 0.25) is 5.28 Å². The first-order chi connectivity index (χ1) is 8.49. The van der Waals surface area contributed by atoms with Crippen molar-refractivity contribution in [3.8, 4) is 11.4 Å². The summed E-state index contributed by atoms with van der Waals surface area (Å²) in [6, 6.07) is 3.53. The lowest BCUT2D eigenvalue weighted by Crippen LogP contribution is -2.14. The summed E-state index contributed by atoms with van der Waals surface area (Å²) in [7, 11) is 3.38. The average molecular weight is 271 g/mol. The molecule has 0 atom stereocenters. The van der Waals surface area contributed by atoms with Crippen LogP contribution in [-0.2, 0) is 0 Å². The third-order valence-corrected chi connectivity index (χ3v) is 2.35. The van der Waals surface area contributed by atoms with Gasteiger partial charge in [-0.1, -0.05) is 6.07 Å². The Bertz CT molecular complexity index is 569. The molecular formula is C11H9ClF2N4. The van der Waals surface area contributed by atoms with Gasteiger partial charge in [0.2, 0.25) is 11.2 Å². The molecule has 18 heavy (non-hydrogen) atoms. The van der Waals surface area contributed by atoms with Crippen molar-refractivity contribution in [2.75, 3.05) is 19.0 Å². The number of benzene rings is 1. The Morgan fingerprint density at radius 2 is 1.67 bits per heavy atom. The molecule has 2 rings (SSSR count). The smallest absolute Gasteiger partial charge is 0.229 e. The summed E-state index contributed by atoms with van der Waals surface area (Å²) < 4.78 is 27.2. The fourth-order valence-electron chi connectivity index (χ4n) is 1.36. The maximum atomic E-state index is 13.6. The van der Waals surface area contributed by atoms with Crippen molar-refractivity contribution < 1.29 is 8.78 Å². The molecule has 0 radical (unpaired) electrons. The minimum atomic E-state index is -0.748. The second-order valence-electron chi connectivity index (χ2n) is 3.72. The van der Waals surface area contributed by atoms with E-state index in [1.165, 1.54) is 6.07 Å². The van der Waals surface area contributed by atoms with Gasteiger partial charge in [0.25, 0.3) is 0 Å². The van der Waals surface area contributed by atoms with Crippen LogP contribution < -0.4 is 4.90 Å². The highest BCUT2D eigenvalue weighted by molar-refractivity contribution is 6.28. The zero-order valence-electron chi connectivity index (χ0n) is 9.65. The zero-order valence-corrected chi connectivity index (χ0v) is 10.4. The average Bonchev–Trinajstić information content (AvgIpc) is 2.28. The Morgan fingerprint density at radius 3 is 2.22 bits per heavy atom. The second kappa shape index (κ2) is 4.81. The van der Waals surface area contributed by atoms with Gasteiger partial charge in [-0.05, 0) is 23.7 Å². The lowest BCUT2D eigenvalue weighted by molar-refractivity contribution is 0.587. The number of hydrogen-bond donors (Lipinski definition) is 0. The summed E-state index contributed by atoms with van der Waals surface area (Å²) in [5.74, 6) is -1.40. The standard InChI is InChI=1S/C11H9ClF2N4/c1-18(2)11-16-9(15-10(12)17-11)8-6(13)4-3-5-7(8)14/h3-5H,1-2H3. The quantitative estimate of drug-likeness (QED) is 0.841. The SMILES string of the molecule is CN(C)c1nc(Cl)nc(-c2c(F)cccc2F)n1. The van der Waals surface area contributed by atoms with Crippen LogP contribution in [0.15, 0.2) is 18.2 Å². The molecule has 0 fully saturated rings. The first-order valence-electron chi connectivity index (χ1n) is 5.02. The van der Waals surface area contributed by atoms with Crippen molar-refractivity contribution in [2.24, 2.45) is 0 Å². The lowest BCUT2D eigenvalue weighted by atomic mass is 10.2. The molecule has 0 aliphatic carbocycles. The van der Waals surface area contributed by atoms with Crippen molar-refractivity contribution in [1.82, 2.24) is 15.0 Å². The third kappa shape index (κ3) is 2.38. The van der Waals surface area contributed by atoms with Gasteiger partial charge in [-0.15, -0.1) is 0 Å². The van der Waals surface area contributed by atoms with Crippen LogP contribution in [0.5, 0.6) is 0 Å². The van der Waals surface area contributed by atoms with E-state index in [1.54, 1.807) is 19.0 Å². The summed E-state index contributed by atoms with van der Waals surface area (Å²) in [6.07, 6.45) is 0. The number of nitrogens with zero attached hydrogens (tertiary/aromatic N) is 4. The molecule has 0 saturated carbocycles. The molecule has 0 saturated heterocycles. The van der Waals surface area contributed by atoms with Gasteiger partial charge in [-0.3, -0.25) is 0 Å². The number of hydrogen-bond acceptors (Lipinski definition) is 4. The van der Waals surface area contributed by atoms with Crippen LogP contribution in [0.3, 0.4) is 0 Å². The maximum absolute atomic E-state index is 13.6. The Balaban J connectivity index is 2.64. The van der Waals surface area contributed by atoms with Crippen LogP contribution in [0.25, 0.3) is 11.4 Å². The highest BCUT2D eigenvalue weighted by Gasteiger charge is 2.16. The minimum Gasteiger partial charge on any atom is -0.347 e. The molecule has 1 heterocycles. The molecule has 7 heteroatoms. The predicted octanol–water partition coefficient (Wildman–Crippen LogP) is 2.54. The fourth-order valence-corrected chi connectivity index (χ4v) is 1.52. The fraction of sp³-hybridized carbons (Fsp3) is 0.182. The van der Waals surface area contributed by atoms with Crippen molar-refractivity contribution in [3.05, 3.63) is 35.1 Å². The first kappa shape index (κ1) is 12.6. The summed E-state index contributed by atoms with van der Waals surface area (Å²) in [6.45, 7) is 0. The molecule has 0 N–H and O–H groups in total. The topological polar surface area (TPSA) is 41.9 Å². The number of aromatic nitrogens is 3. The molecule has 94 valence electrons. The molecule has 0 spiro atoms. The second-order valence-corrected chi connectivity index (χ2v) is 4.06. The molecule has 1 aromatic carbocycles. The van der Waals surface area contributed by atoms with Gasteiger partial charge < -0.3 is 4.90 Å². The van der Waals surface area contributed by atoms with Gasteiger partial charge >= 0.3 is 0 Å². The van der Waals surface area contributed by atoms with Gasteiger partial charge in [0, 0.05) is 14.1 Å². The van der Waals surface area contributed by atoms with Crippen LogP contribution in [0.1, 0.15) is 0 Å². The zero-order chi connectivity index (χ0) is 13.3. The Morgan fingerprint density at radius 1 is 1.06 bits per heavy atom. The molecule has 0 aliphatic heterocycles. The van der Waals surface area contributed by atoms with E-state index in [0.717, 1.165) is 12.1 Å². The van der Waals surface area contributed by atoms with Gasteiger partial charge in [0.05, 0.1) is 5.56 Å². The molecule has 0 bridgehead atoms. The van der Waals surface area contributed by atoms with E-state index in [4.69, 9.17) is 11.6 Å². The normalized spacial score (nSPS) is 10.5. The molecule has 4 nitrogen and oxygen atoms in total. The molecular weight excluding hydrogens is 262 g/mol. The largest absolute Gasteiger partial charge is 0.347 e. The molecule has 0 aliphatic rings. The number of halogens is 3.